The van der Waals surface area contributed by atoms with Crippen molar-refractivity contribution in [1.82, 2.24) is 25.2 Å². The Morgan fingerprint density at radius 3 is 2.65 bits per heavy atom. The molecule has 0 saturated carbocycles. The molecule has 168 valence electrons. The lowest BCUT2D eigenvalue weighted by atomic mass is 9.85. The second-order valence-electron chi connectivity index (χ2n) is 8.71. The number of likely N-dealkylation sites (N-methyl/N-ethyl adjacent to an activating group) is 1. The second-order valence-corrected chi connectivity index (χ2v) is 8.71. The number of aliphatic hydroxyl groups excluding tert-OH is 1. The molecule has 2 aromatic rings. The van der Waals surface area contributed by atoms with E-state index in [9.17, 15) is 19.1 Å². The molecule has 0 spiro atoms. The number of carbonyl (C=O) groups excluding carboxylic acids is 2. The van der Waals surface area contributed by atoms with Gasteiger partial charge in [-0.3, -0.25) is 9.59 Å². The number of methoxy groups -OCH3 is 1. The standard InChI is InChI=1S/C21H28FN5O4/c1-21(2,3)18(20(30)26-10-12(28)8-17(26)19(29)23-4)27-11-16(24-25-27)14-7-6-13(31-5)9-15(14)22/h6-7,9,11-12,17-18,28H,8,10H2,1-5H3,(H,23,29)/t12-,17+,18-/m1/s1. The third kappa shape index (κ3) is 4.53. The summed E-state index contributed by atoms with van der Waals surface area (Å²) in [6.07, 6.45) is 0.897. The zero-order valence-electron chi connectivity index (χ0n) is 18.3. The molecule has 9 nitrogen and oxygen atoms in total. The smallest absolute Gasteiger partial charge is 0.248 e. The number of hydrogen-bond acceptors (Lipinski definition) is 6. The van der Waals surface area contributed by atoms with Crippen LogP contribution in [-0.4, -0.2) is 69.7 Å². The van der Waals surface area contributed by atoms with E-state index in [-0.39, 0.29) is 36.0 Å². The maximum absolute atomic E-state index is 14.5. The molecule has 0 aliphatic carbocycles. The van der Waals surface area contributed by atoms with Crippen LogP contribution in [0.2, 0.25) is 0 Å². The molecule has 1 aromatic heterocycles. The molecule has 1 aliphatic heterocycles. The van der Waals surface area contributed by atoms with Crippen LogP contribution in [0.25, 0.3) is 11.3 Å². The number of amides is 2. The average molecular weight is 433 g/mol. The van der Waals surface area contributed by atoms with Gasteiger partial charge in [-0.2, -0.15) is 0 Å². The highest BCUT2D eigenvalue weighted by Crippen LogP contribution is 2.35. The van der Waals surface area contributed by atoms with Crippen molar-refractivity contribution in [2.24, 2.45) is 5.41 Å². The summed E-state index contributed by atoms with van der Waals surface area (Å²) in [7, 11) is 2.94. The summed E-state index contributed by atoms with van der Waals surface area (Å²) in [5, 5.41) is 20.8. The van der Waals surface area contributed by atoms with E-state index in [1.807, 2.05) is 20.8 Å². The molecule has 2 amide bonds. The lowest BCUT2D eigenvalue weighted by Crippen LogP contribution is -2.49. The second kappa shape index (κ2) is 8.62. The van der Waals surface area contributed by atoms with E-state index < -0.39 is 29.4 Å². The molecular weight excluding hydrogens is 405 g/mol. The minimum Gasteiger partial charge on any atom is -0.497 e. The number of β-amino-alcohol motifs (C(OH)–C–C–N with tert-alkyl or cyclic N) is 1. The van der Waals surface area contributed by atoms with Crippen LogP contribution in [0.15, 0.2) is 24.4 Å². The van der Waals surface area contributed by atoms with E-state index in [0.29, 0.717) is 5.75 Å². The minimum absolute atomic E-state index is 0.0537. The molecule has 0 radical (unpaired) electrons. The highest BCUT2D eigenvalue weighted by atomic mass is 19.1. The number of nitrogens with zero attached hydrogens (tertiary/aromatic N) is 4. The quantitative estimate of drug-likeness (QED) is 0.738. The van der Waals surface area contributed by atoms with Crippen molar-refractivity contribution < 1.29 is 23.8 Å². The highest BCUT2D eigenvalue weighted by Gasteiger charge is 2.45. The summed E-state index contributed by atoms with van der Waals surface area (Å²) in [4.78, 5) is 27.2. The van der Waals surface area contributed by atoms with Crippen LogP contribution in [0, 0.1) is 11.2 Å². The lowest BCUT2D eigenvalue weighted by molar-refractivity contribution is -0.144. The molecule has 10 heteroatoms. The summed E-state index contributed by atoms with van der Waals surface area (Å²) in [5.41, 5.74) is -0.0973. The number of aliphatic hydroxyl groups is 1. The zero-order valence-corrected chi connectivity index (χ0v) is 18.3. The topological polar surface area (TPSA) is 110 Å². The largest absolute Gasteiger partial charge is 0.497 e. The molecule has 1 aliphatic rings. The molecule has 0 bridgehead atoms. The summed E-state index contributed by atoms with van der Waals surface area (Å²) in [6.45, 7) is 5.66. The fourth-order valence-electron chi connectivity index (χ4n) is 3.87. The van der Waals surface area contributed by atoms with Crippen LogP contribution in [-0.2, 0) is 9.59 Å². The number of likely N-dealkylation sites (tertiary alicyclic amines) is 1. The van der Waals surface area contributed by atoms with E-state index in [2.05, 4.69) is 15.6 Å². The Hall–Kier alpha value is -3.01. The van der Waals surface area contributed by atoms with Gasteiger partial charge in [0.1, 0.15) is 29.3 Å². The molecule has 2 N–H and O–H groups in total. The molecule has 1 aromatic carbocycles. The summed E-state index contributed by atoms with van der Waals surface area (Å²) in [6, 6.07) is 2.82. The summed E-state index contributed by atoms with van der Waals surface area (Å²) < 4.78 is 20.9. The zero-order chi connectivity index (χ0) is 22.9. The Kier molecular flexibility index (Phi) is 6.30. The van der Waals surface area contributed by atoms with Gasteiger partial charge < -0.3 is 20.1 Å². The number of benzene rings is 1. The van der Waals surface area contributed by atoms with Crippen molar-refractivity contribution in [2.45, 2.75) is 45.4 Å². The van der Waals surface area contributed by atoms with Gasteiger partial charge in [-0.05, 0) is 17.5 Å². The third-order valence-corrected chi connectivity index (χ3v) is 5.39. The number of rotatable bonds is 5. The first kappa shape index (κ1) is 22.7. The number of ether oxygens (including phenoxy) is 1. The normalized spacial score (nSPS) is 19.9. The van der Waals surface area contributed by atoms with Gasteiger partial charge in [0, 0.05) is 31.6 Å². The Balaban J connectivity index is 1.96. The SMILES string of the molecule is CNC(=O)[C@@H]1C[C@@H](O)CN1C(=O)[C@@H](n1cc(-c2ccc(OC)cc2F)nn1)C(C)(C)C. The van der Waals surface area contributed by atoms with Crippen LogP contribution in [0.1, 0.15) is 33.2 Å². The number of halogens is 1. The number of aromatic nitrogens is 3. The predicted octanol–water partition coefficient (Wildman–Crippen LogP) is 1.39. The van der Waals surface area contributed by atoms with Crippen molar-refractivity contribution in [3.8, 4) is 17.0 Å². The van der Waals surface area contributed by atoms with E-state index in [0.717, 1.165) is 0 Å². The maximum Gasteiger partial charge on any atom is 0.248 e. The molecular formula is C21H28FN5O4. The van der Waals surface area contributed by atoms with Crippen LogP contribution < -0.4 is 10.1 Å². The minimum atomic E-state index is -0.812. The maximum atomic E-state index is 14.5. The Morgan fingerprint density at radius 2 is 2.06 bits per heavy atom. The van der Waals surface area contributed by atoms with Gasteiger partial charge in [0.25, 0.3) is 0 Å². The number of hydrogen-bond donors (Lipinski definition) is 2. The van der Waals surface area contributed by atoms with Crippen molar-refractivity contribution in [3.05, 3.63) is 30.2 Å². The molecule has 1 fully saturated rings. The van der Waals surface area contributed by atoms with Gasteiger partial charge in [0.05, 0.1) is 19.4 Å². The van der Waals surface area contributed by atoms with Gasteiger partial charge in [0.2, 0.25) is 11.8 Å². The first-order valence-corrected chi connectivity index (χ1v) is 10.0. The van der Waals surface area contributed by atoms with E-state index in [4.69, 9.17) is 4.74 Å². The van der Waals surface area contributed by atoms with Gasteiger partial charge in [-0.15, -0.1) is 5.10 Å². The Morgan fingerprint density at radius 1 is 1.35 bits per heavy atom. The van der Waals surface area contributed by atoms with Crippen molar-refractivity contribution >= 4 is 11.8 Å². The van der Waals surface area contributed by atoms with Crippen LogP contribution in [0.4, 0.5) is 4.39 Å². The summed E-state index contributed by atoms with van der Waals surface area (Å²) in [5.74, 6) is -0.835. The third-order valence-electron chi connectivity index (χ3n) is 5.39. The molecule has 1 saturated heterocycles. The van der Waals surface area contributed by atoms with Crippen molar-refractivity contribution in [2.75, 3.05) is 20.7 Å². The fraction of sp³-hybridized carbons (Fsp3) is 0.524. The monoisotopic (exact) mass is 433 g/mol. The Bertz CT molecular complexity index is 971. The van der Waals surface area contributed by atoms with Crippen molar-refractivity contribution in [3.63, 3.8) is 0 Å². The first-order valence-electron chi connectivity index (χ1n) is 10.0. The van der Waals surface area contributed by atoms with Gasteiger partial charge in [0.15, 0.2) is 0 Å². The van der Waals surface area contributed by atoms with Crippen LogP contribution >= 0.6 is 0 Å². The fourth-order valence-corrected chi connectivity index (χ4v) is 3.87. The molecule has 31 heavy (non-hydrogen) atoms. The van der Waals surface area contributed by atoms with E-state index >= 15 is 0 Å². The average Bonchev–Trinajstić information content (AvgIpc) is 3.33. The van der Waals surface area contributed by atoms with E-state index in [1.54, 1.807) is 6.07 Å². The molecule has 3 atom stereocenters. The Labute approximate surface area is 180 Å². The first-order chi connectivity index (χ1) is 14.6. The molecule has 2 heterocycles. The lowest BCUT2D eigenvalue weighted by Gasteiger charge is -2.34. The number of nitrogens with one attached hydrogen (secondary N) is 1. The van der Waals surface area contributed by atoms with E-state index in [1.165, 1.54) is 42.1 Å². The highest BCUT2D eigenvalue weighted by molar-refractivity contribution is 5.90. The van der Waals surface area contributed by atoms with Gasteiger partial charge >= 0.3 is 0 Å². The van der Waals surface area contributed by atoms with Crippen LogP contribution in [0.5, 0.6) is 5.75 Å². The van der Waals surface area contributed by atoms with Gasteiger partial charge in [-0.25, -0.2) is 9.07 Å². The summed E-state index contributed by atoms with van der Waals surface area (Å²) >= 11 is 0. The van der Waals surface area contributed by atoms with Crippen LogP contribution in [0.3, 0.4) is 0 Å². The molecule has 0 unspecified atom stereocenters. The number of carbonyl (C=O) groups is 2. The van der Waals surface area contributed by atoms with Gasteiger partial charge in [-0.1, -0.05) is 26.0 Å². The van der Waals surface area contributed by atoms with Crippen molar-refractivity contribution in [1.29, 1.82) is 0 Å². The molecule has 3 rings (SSSR count). The predicted molar refractivity (Wildman–Crippen MR) is 111 cm³/mol.